The van der Waals surface area contributed by atoms with E-state index in [1.165, 1.54) is 6.20 Å². The van der Waals surface area contributed by atoms with Gasteiger partial charge in [-0.2, -0.15) is 8.62 Å². The number of aromatic nitrogens is 4. The number of hydrogen-bond donors (Lipinski definition) is 6. The fourth-order valence-corrected chi connectivity index (χ4v) is 6.53. The Kier molecular flexibility index (Phi) is 8.22. The molecule has 0 spiro atoms. The van der Waals surface area contributed by atoms with Crippen molar-refractivity contribution in [2.45, 2.75) is 44.0 Å². The van der Waals surface area contributed by atoms with Crippen LogP contribution in [0.5, 0.6) is 0 Å². The van der Waals surface area contributed by atoms with Crippen LogP contribution in [0.15, 0.2) is 12.5 Å². The van der Waals surface area contributed by atoms with E-state index in [9.17, 15) is 38.1 Å². The Hall–Kier alpha value is -1.67. The number of alkyl halides is 1. The predicted octanol–water partition coefficient (Wildman–Crippen LogP) is -0.171. The van der Waals surface area contributed by atoms with Crippen LogP contribution in [0.4, 0.5) is 4.39 Å². The summed E-state index contributed by atoms with van der Waals surface area (Å²) in [7, 11) is -17.0. The number of phosphoric acid groups is 3. The van der Waals surface area contributed by atoms with Gasteiger partial charge in [-0.25, -0.2) is 33.0 Å². The van der Waals surface area contributed by atoms with Crippen LogP contribution >= 0.6 is 23.5 Å². The van der Waals surface area contributed by atoms with Gasteiger partial charge in [-0.15, -0.1) is 0 Å². The van der Waals surface area contributed by atoms with Crippen LogP contribution < -0.4 is 0 Å². The fourth-order valence-electron chi connectivity index (χ4n) is 3.33. The molecule has 1 aliphatic rings. The monoisotopic (exact) mass is 576 g/mol. The second-order valence-corrected chi connectivity index (χ2v) is 11.7. The third-order valence-corrected chi connectivity index (χ3v) is 8.57. The van der Waals surface area contributed by atoms with Crippen LogP contribution in [0, 0.1) is 18.8 Å². The minimum absolute atomic E-state index is 0.126. The summed E-state index contributed by atoms with van der Waals surface area (Å²) in [5.41, 5.74) is -2.16. The zero-order valence-electron chi connectivity index (χ0n) is 18.2. The zero-order valence-corrected chi connectivity index (χ0v) is 20.9. The minimum atomic E-state index is -5.81. The minimum Gasteiger partial charge on any atom is -0.386 e. The molecule has 2 aromatic rings. The smallest absolute Gasteiger partial charge is 0.386 e. The van der Waals surface area contributed by atoms with Crippen molar-refractivity contribution in [3.8, 4) is 11.8 Å². The first-order chi connectivity index (χ1) is 16.5. The Labute approximate surface area is 201 Å². The van der Waals surface area contributed by atoms with E-state index < -0.39 is 60.3 Å². The lowest BCUT2D eigenvalue weighted by Gasteiger charge is -2.27. The van der Waals surface area contributed by atoms with E-state index in [4.69, 9.17) is 14.5 Å². The number of nitrogens with zero attached hydrogens (tertiary/aromatic N) is 4. The molecular weight excluding hydrogens is 556 g/mol. The maximum Gasteiger partial charge on any atom is 0.490 e. The molecule has 6 N–H and O–H groups in total. The second-order valence-electron chi connectivity index (χ2n) is 7.34. The molecule has 200 valence electrons. The Morgan fingerprint density at radius 2 is 1.89 bits per heavy atom. The van der Waals surface area contributed by atoms with Crippen LogP contribution in [-0.2, 0) is 31.6 Å². The molecule has 0 aliphatic carbocycles. The Bertz CT molecular complexity index is 1340. The van der Waals surface area contributed by atoms with Crippen molar-refractivity contribution >= 4 is 34.6 Å². The van der Waals surface area contributed by atoms with Gasteiger partial charge in [-0.05, 0) is 13.8 Å². The topological polar surface area (TPSA) is 253 Å². The van der Waals surface area contributed by atoms with Crippen molar-refractivity contribution in [1.82, 2.24) is 19.5 Å². The normalized spacial score (nSPS) is 28.8. The summed E-state index contributed by atoms with van der Waals surface area (Å²) < 4.78 is 66.0. The van der Waals surface area contributed by atoms with Gasteiger partial charge in [0.15, 0.2) is 17.5 Å². The highest BCUT2D eigenvalue weighted by Crippen LogP contribution is 2.66. The average molecular weight is 576 g/mol. The van der Waals surface area contributed by atoms with Crippen molar-refractivity contribution in [2.24, 2.45) is 0 Å². The lowest BCUT2D eigenvalue weighted by atomic mass is 9.92. The quantitative estimate of drug-likeness (QED) is 0.176. The van der Waals surface area contributed by atoms with E-state index in [-0.39, 0.29) is 11.2 Å². The van der Waals surface area contributed by atoms with Gasteiger partial charge >= 0.3 is 23.5 Å². The molecule has 1 saturated heterocycles. The Morgan fingerprint density at radius 3 is 2.50 bits per heavy atom. The molecule has 3 rings (SSSR count). The summed E-state index contributed by atoms with van der Waals surface area (Å²) in [6.45, 7) is 1.37. The third-order valence-electron chi connectivity index (χ3n) is 4.65. The van der Waals surface area contributed by atoms with Gasteiger partial charge < -0.3 is 34.5 Å². The number of ether oxygens (including phenoxy) is 1. The summed E-state index contributed by atoms with van der Waals surface area (Å²) in [6.07, 6.45) is -4.57. The van der Waals surface area contributed by atoms with Crippen molar-refractivity contribution in [2.75, 3.05) is 6.67 Å². The molecule has 3 heterocycles. The van der Waals surface area contributed by atoms with Crippen LogP contribution in [0.2, 0.25) is 0 Å². The number of fused-ring (bicyclic) bond motifs is 1. The zero-order chi connectivity index (χ0) is 27.1. The number of rotatable bonds is 8. The number of aliphatic hydroxyl groups is 2. The standard InChI is InChI=1S/C15H20FN4O13P3/c1-8(31-35(26,27)33-36(28,29)32-34(23,24)25)11-12(21)15(22,4-3-5-16)14(30-11)20-7-18-10-6-17-9(2)19-13(10)20/h6-8,11-12,14,21-22H,5H2,1-2H3,(H,26,27)(H,28,29)(H2,23,24,25)/t8-,11-,12+,14-,15?/m1/s1. The van der Waals surface area contributed by atoms with E-state index >= 15 is 0 Å². The second kappa shape index (κ2) is 10.2. The fraction of sp³-hybridized carbons (Fsp3) is 0.533. The molecule has 17 nitrogen and oxygen atoms in total. The van der Waals surface area contributed by atoms with Gasteiger partial charge in [-0.3, -0.25) is 9.09 Å². The highest BCUT2D eigenvalue weighted by atomic mass is 31.3. The SMILES string of the molecule is Cc1ncc2ncn([C@@H]3O[C@H]([C@@H](C)OP(=O)(O)OP(=O)(O)OP(=O)(O)O)[C@H](O)C3(O)C#CCF)c2n1. The van der Waals surface area contributed by atoms with E-state index in [0.29, 0.717) is 5.82 Å². The lowest BCUT2D eigenvalue weighted by Crippen LogP contribution is -2.47. The summed E-state index contributed by atoms with van der Waals surface area (Å²) in [6, 6.07) is 0. The maximum absolute atomic E-state index is 12.8. The molecule has 1 fully saturated rings. The van der Waals surface area contributed by atoms with E-state index in [2.05, 4.69) is 34.0 Å². The number of hydrogen-bond acceptors (Lipinski definition) is 12. The first kappa shape index (κ1) is 28.9. The lowest BCUT2D eigenvalue weighted by molar-refractivity contribution is -0.0832. The van der Waals surface area contributed by atoms with Crippen molar-refractivity contribution in [3.05, 3.63) is 18.3 Å². The first-order valence-corrected chi connectivity index (χ1v) is 14.1. The third kappa shape index (κ3) is 6.42. The number of aliphatic hydroxyl groups excluding tert-OH is 1. The molecule has 21 heteroatoms. The maximum atomic E-state index is 12.8. The van der Waals surface area contributed by atoms with Gasteiger partial charge in [0, 0.05) is 0 Å². The molecule has 0 aromatic carbocycles. The van der Waals surface area contributed by atoms with E-state index in [1.54, 1.807) is 6.92 Å². The molecule has 0 bridgehead atoms. The molecule has 36 heavy (non-hydrogen) atoms. The van der Waals surface area contributed by atoms with Crippen molar-refractivity contribution < 1.29 is 65.8 Å². The van der Waals surface area contributed by atoms with E-state index in [0.717, 1.165) is 17.8 Å². The van der Waals surface area contributed by atoms with Gasteiger partial charge in [0.05, 0.1) is 18.6 Å². The molecule has 0 saturated carbocycles. The highest BCUT2D eigenvalue weighted by Gasteiger charge is 2.58. The number of phosphoric ester groups is 1. The number of halogens is 1. The van der Waals surface area contributed by atoms with Crippen LogP contribution in [-0.4, -0.2) is 79.9 Å². The molecule has 7 atom stereocenters. The summed E-state index contributed by atoms with van der Waals surface area (Å²) >= 11 is 0. The largest absolute Gasteiger partial charge is 0.490 e. The average Bonchev–Trinajstić information content (AvgIpc) is 3.22. The van der Waals surface area contributed by atoms with Crippen LogP contribution in [0.3, 0.4) is 0 Å². The molecular formula is C15H20FN4O13P3. The Morgan fingerprint density at radius 1 is 1.22 bits per heavy atom. The molecule has 0 radical (unpaired) electrons. The predicted molar refractivity (Wildman–Crippen MR) is 113 cm³/mol. The van der Waals surface area contributed by atoms with Gasteiger partial charge in [0.2, 0.25) is 0 Å². The van der Waals surface area contributed by atoms with Crippen LogP contribution in [0.1, 0.15) is 19.0 Å². The number of imidazole rings is 1. The summed E-state index contributed by atoms with van der Waals surface area (Å²) in [5, 5.41) is 22.0. The van der Waals surface area contributed by atoms with Crippen molar-refractivity contribution in [1.29, 1.82) is 0 Å². The van der Waals surface area contributed by atoms with Crippen molar-refractivity contribution in [3.63, 3.8) is 0 Å². The Balaban J connectivity index is 1.91. The van der Waals surface area contributed by atoms with Crippen LogP contribution in [0.25, 0.3) is 11.2 Å². The highest BCUT2D eigenvalue weighted by molar-refractivity contribution is 7.66. The molecule has 0 amide bonds. The van der Waals surface area contributed by atoms with Gasteiger partial charge in [0.25, 0.3) is 0 Å². The number of aryl methyl sites for hydroxylation is 1. The van der Waals surface area contributed by atoms with Gasteiger partial charge in [0.1, 0.15) is 30.2 Å². The summed E-state index contributed by atoms with van der Waals surface area (Å²) in [4.78, 5) is 48.5. The molecule has 3 unspecified atom stereocenters. The molecule has 2 aromatic heterocycles. The summed E-state index contributed by atoms with van der Waals surface area (Å²) in [5.74, 6) is 4.42. The van der Waals surface area contributed by atoms with Gasteiger partial charge in [-0.1, -0.05) is 11.8 Å². The first-order valence-electron chi connectivity index (χ1n) is 9.58. The molecule has 1 aliphatic heterocycles. The van der Waals surface area contributed by atoms with E-state index in [1.807, 2.05) is 5.92 Å².